The number of alkyl halides is 1. The minimum absolute atomic E-state index is 0. The summed E-state index contributed by atoms with van der Waals surface area (Å²) in [6, 6.07) is 21.0. The molecular formula is C28H24Br2N2O5S. The molecule has 10 heteroatoms. The van der Waals surface area contributed by atoms with Crippen LogP contribution in [-0.2, 0) is 11.2 Å². The van der Waals surface area contributed by atoms with Gasteiger partial charge in [-0.05, 0) is 31.0 Å². The van der Waals surface area contributed by atoms with Crippen LogP contribution >= 0.6 is 44.2 Å². The van der Waals surface area contributed by atoms with Crippen LogP contribution in [0.25, 0.3) is 0 Å². The van der Waals surface area contributed by atoms with E-state index in [1.54, 1.807) is 60.8 Å². The normalized spacial score (nSPS) is 9.97. The first-order valence-corrected chi connectivity index (χ1v) is 13.2. The number of nitro benzene ring substituents is 1. The summed E-state index contributed by atoms with van der Waals surface area (Å²) in [5, 5.41) is 13.7. The Morgan fingerprint density at radius 1 is 0.921 bits per heavy atom. The Balaban J connectivity index is 0.000000330. The molecule has 0 radical (unpaired) electrons. The lowest BCUT2D eigenvalue weighted by atomic mass is 10.0. The van der Waals surface area contributed by atoms with Crippen LogP contribution in [-0.4, -0.2) is 32.6 Å². The summed E-state index contributed by atoms with van der Waals surface area (Å²) in [4.78, 5) is 49.6. The van der Waals surface area contributed by atoms with Gasteiger partial charge in [0.25, 0.3) is 5.69 Å². The van der Waals surface area contributed by atoms with Crippen molar-refractivity contribution in [2.45, 2.75) is 20.3 Å². The van der Waals surface area contributed by atoms with Gasteiger partial charge in [0, 0.05) is 34.6 Å². The van der Waals surface area contributed by atoms with Gasteiger partial charge >= 0.3 is 0 Å². The van der Waals surface area contributed by atoms with Crippen LogP contribution in [0.2, 0.25) is 0 Å². The zero-order valence-corrected chi connectivity index (χ0v) is 24.7. The van der Waals surface area contributed by atoms with Crippen molar-refractivity contribution in [3.8, 4) is 0 Å². The first-order chi connectivity index (χ1) is 17.7. The number of aryl methyl sites for hydroxylation is 2. The fourth-order valence-corrected chi connectivity index (χ4v) is 4.51. The Morgan fingerprint density at radius 2 is 1.50 bits per heavy atom. The van der Waals surface area contributed by atoms with E-state index in [2.05, 4.69) is 20.9 Å². The van der Waals surface area contributed by atoms with Crippen LogP contribution < -0.4 is 0 Å². The molecular weight excluding hydrogens is 636 g/mol. The molecule has 0 bridgehead atoms. The molecule has 0 spiro atoms. The van der Waals surface area contributed by atoms with Gasteiger partial charge in [0.1, 0.15) is 5.69 Å². The lowest BCUT2D eigenvalue weighted by Gasteiger charge is -2.06. The molecule has 38 heavy (non-hydrogen) atoms. The maximum atomic E-state index is 12.4. The second kappa shape index (κ2) is 14.6. The number of thiazole rings is 1. The molecule has 0 aliphatic rings. The van der Waals surface area contributed by atoms with Crippen molar-refractivity contribution in [3.05, 3.63) is 127 Å². The zero-order valence-electron chi connectivity index (χ0n) is 20.5. The monoisotopic (exact) mass is 658 g/mol. The van der Waals surface area contributed by atoms with E-state index in [0.29, 0.717) is 28.8 Å². The van der Waals surface area contributed by atoms with Crippen molar-refractivity contribution >= 4 is 67.3 Å². The topological polar surface area (TPSA) is 107 Å². The van der Waals surface area contributed by atoms with Gasteiger partial charge in [0.15, 0.2) is 0 Å². The maximum Gasteiger partial charge on any atom is 0.272 e. The third kappa shape index (κ3) is 8.08. The quantitative estimate of drug-likeness (QED) is 0.0670. The average Bonchev–Trinajstić information content (AvgIpc) is 3.39. The van der Waals surface area contributed by atoms with Crippen molar-refractivity contribution in [2.24, 2.45) is 0 Å². The Morgan fingerprint density at radius 3 is 2.05 bits per heavy atom. The van der Waals surface area contributed by atoms with Gasteiger partial charge in [-0.3, -0.25) is 24.5 Å². The number of carbonyl (C=O) groups is 3. The number of halogens is 2. The highest BCUT2D eigenvalue weighted by Gasteiger charge is 2.17. The second-order valence-corrected chi connectivity index (χ2v) is 9.58. The van der Waals surface area contributed by atoms with Crippen molar-refractivity contribution in [1.82, 2.24) is 4.98 Å². The summed E-state index contributed by atoms with van der Waals surface area (Å²) in [6.45, 7) is 3.58. The van der Waals surface area contributed by atoms with Crippen LogP contribution in [0.1, 0.15) is 48.1 Å². The Hall–Kier alpha value is -3.34. The number of carbonyl (C=O) groups excluding carboxylic acids is 3. The average molecular weight is 660 g/mol. The molecule has 196 valence electrons. The molecule has 4 rings (SSSR count). The Kier molecular flexibility index (Phi) is 11.8. The molecule has 0 saturated carbocycles. The number of hydrogen-bond donors (Lipinski definition) is 0. The summed E-state index contributed by atoms with van der Waals surface area (Å²) in [6.07, 6.45) is 0.553. The van der Waals surface area contributed by atoms with Crippen molar-refractivity contribution in [3.63, 3.8) is 0 Å². The van der Waals surface area contributed by atoms with Crippen LogP contribution in [0.15, 0.2) is 78.2 Å². The predicted octanol–water partition coefficient (Wildman–Crippen LogP) is 6.90. The van der Waals surface area contributed by atoms with E-state index in [1.165, 1.54) is 11.3 Å². The third-order valence-electron chi connectivity index (χ3n) is 5.42. The summed E-state index contributed by atoms with van der Waals surface area (Å²) in [5.74, 6) is -0.951. The van der Waals surface area contributed by atoms with Gasteiger partial charge in [0.05, 0.1) is 15.3 Å². The third-order valence-corrected chi connectivity index (χ3v) is 6.78. The van der Waals surface area contributed by atoms with Gasteiger partial charge in [0.2, 0.25) is 17.3 Å². The molecule has 0 fully saturated rings. The highest BCUT2D eigenvalue weighted by molar-refractivity contribution is 9.09. The minimum atomic E-state index is -0.438. The van der Waals surface area contributed by atoms with E-state index in [4.69, 9.17) is 0 Å². The molecule has 0 N–H and O–H groups in total. The van der Waals surface area contributed by atoms with Gasteiger partial charge in [-0.1, -0.05) is 76.6 Å². The summed E-state index contributed by atoms with van der Waals surface area (Å²) in [7, 11) is 0. The molecule has 0 aliphatic carbocycles. The number of ketones is 3. The van der Waals surface area contributed by atoms with Gasteiger partial charge < -0.3 is 0 Å². The van der Waals surface area contributed by atoms with E-state index >= 15 is 0 Å². The van der Waals surface area contributed by atoms with Crippen molar-refractivity contribution < 1.29 is 19.3 Å². The van der Waals surface area contributed by atoms with Crippen LogP contribution in [0.5, 0.6) is 0 Å². The number of rotatable bonds is 8. The minimum Gasteiger partial charge on any atom is -0.290 e. The lowest BCUT2D eigenvalue weighted by molar-refractivity contribution is -0.385. The van der Waals surface area contributed by atoms with E-state index < -0.39 is 11.6 Å². The van der Waals surface area contributed by atoms with Crippen molar-refractivity contribution in [2.75, 3.05) is 5.33 Å². The largest absolute Gasteiger partial charge is 0.290 e. The lowest BCUT2D eigenvalue weighted by Crippen LogP contribution is -2.14. The summed E-state index contributed by atoms with van der Waals surface area (Å²) in [5.41, 5.74) is 4.08. The zero-order chi connectivity index (χ0) is 26.9. The van der Waals surface area contributed by atoms with E-state index in [1.807, 2.05) is 31.2 Å². The number of hydrogen-bond acceptors (Lipinski definition) is 7. The first kappa shape index (κ1) is 30.9. The molecule has 0 aliphatic heterocycles. The van der Waals surface area contributed by atoms with Crippen LogP contribution in [0.4, 0.5) is 5.69 Å². The van der Waals surface area contributed by atoms with E-state index in [-0.39, 0.29) is 38.7 Å². The standard InChI is InChI=1S/C19H16N2O3S.C9H7BrO2.BrH/c1-12-9-17(21(23)24)13(2)8-15(12)10-18-20-16(11-25-18)19(22)14-6-4-3-5-7-14;10-6-8(11)9(12)7-4-2-1-3-5-7;/h3-9,11H,10H2,1-2H3;1-5H,6H2;1H. The van der Waals surface area contributed by atoms with E-state index in [0.717, 1.165) is 16.1 Å². The smallest absolute Gasteiger partial charge is 0.272 e. The Labute approximate surface area is 243 Å². The molecule has 1 heterocycles. The number of benzene rings is 3. The highest BCUT2D eigenvalue weighted by atomic mass is 79.9. The summed E-state index contributed by atoms with van der Waals surface area (Å²) >= 11 is 4.37. The van der Waals surface area contributed by atoms with Crippen molar-refractivity contribution in [1.29, 1.82) is 0 Å². The SMILES string of the molecule is Br.Cc1cc([N+](=O)[O-])c(C)cc1Cc1nc(C(=O)c2ccccc2)cs1.O=C(CBr)C(=O)c1ccccc1. The van der Waals surface area contributed by atoms with E-state index in [9.17, 15) is 24.5 Å². The predicted molar refractivity (Wildman–Crippen MR) is 157 cm³/mol. The first-order valence-electron chi connectivity index (χ1n) is 11.2. The van der Waals surface area contributed by atoms with Gasteiger partial charge in [-0.25, -0.2) is 4.98 Å². The van der Waals surface area contributed by atoms with Crippen LogP contribution in [0.3, 0.4) is 0 Å². The molecule has 0 atom stereocenters. The number of nitrogens with zero attached hydrogens (tertiary/aromatic N) is 2. The molecule has 0 unspecified atom stereocenters. The number of aromatic nitrogens is 1. The molecule has 7 nitrogen and oxygen atoms in total. The number of nitro groups is 1. The molecule has 4 aromatic rings. The second-order valence-electron chi connectivity index (χ2n) is 8.07. The molecule has 0 saturated heterocycles. The van der Waals surface area contributed by atoms with Gasteiger partial charge in [-0.2, -0.15) is 0 Å². The maximum absolute atomic E-state index is 12.4. The fraction of sp³-hybridized carbons (Fsp3) is 0.143. The molecule has 0 amide bonds. The Bertz CT molecular complexity index is 1440. The molecule has 3 aromatic carbocycles. The van der Waals surface area contributed by atoms with Crippen LogP contribution in [0, 0.1) is 24.0 Å². The molecule has 1 aromatic heterocycles. The van der Waals surface area contributed by atoms with Gasteiger partial charge in [-0.15, -0.1) is 28.3 Å². The fourth-order valence-electron chi connectivity index (χ4n) is 3.46. The highest BCUT2D eigenvalue weighted by Crippen LogP contribution is 2.25. The number of Topliss-reactive ketones (excluding diaryl/α,β-unsaturated/α-hetero) is 2. The summed E-state index contributed by atoms with van der Waals surface area (Å²) < 4.78 is 0.